The average Bonchev–Trinajstić information content (AvgIpc) is 2.08. The van der Waals surface area contributed by atoms with E-state index in [0.29, 0.717) is 0 Å². The molecule has 0 aromatic rings. The summed E-state index contributed by atoms with van der Waals surface area (Å²) in [6.45, 7) is 4.76. The van der Waals surface area contributed by atoms with Crippen molar-refractivity contribution in [3.63, 3.8) is 0 Å². The van der Waals surface area contributed by atoms with E-state index in [2.05, 4.69) is 0 Å². The van der Waals surface area contributed by atoms with Gasteiger partial charge in [-0.2, -0.15) is 0 Å². The highest BCUT2D eigenvalue weighted by atomic mass is 16.7. The highest BCUT2D eigenvalue weighted by Gasteiger charge is 2.32. The molecule has 5 heteroatoms. The molecule has 1 rings (SSSR count). The van der Waals surface area contributed by atoms with Gasteiger partial charge in [-0.3, -0.25) is 0 Å². The summed E-state index contributed by atoms with van der Waals surface area (Å²) in [5, 5.41) is 8.97. The van der Waals surface area contributed by atoms with Crippen molar-refractivity contribution in [3.8, 4) is 0 Å². The van der Waals surface area contributed by atoms with Crippen LogP contribution in [0.2, 0.25) is 0 Å². The molecule has 0 unspecified atom stereocenters. The molecule has 0 saturated carbocycles. The number of esters is 1. The van der Waals surface area contributed by atoms with Crippen LogP contribution in [0.25, 0.3) is 0 Å². The molecule has 0 aromatic heterocycles. The van der Waals surface area contributed by atoms with Crippen molar-refractivity contribution in [3.05, 3.63) is 0 Å². The van der Waals surface area contributed by atoms with Gasteiger partial charge in [0.1, 0.15) is 6.61 Å². The summed E-state index contributed by atoms with van der Waals surface area (Å²) >= 11 is 0. The third-order valence-corrected chi connectivity index (χ3v) is 1.99. The molecule has 1 aliphatic rings. The van der Waals surface area contributed by atoms with Gasteiger partial charge in [0.15, 0.2) is 11.9 Å². The van der Waals surface area contributed by atoms with E-state index >= 15 is 0 Å². The minimum Gasteiger partial charge on any atom is -0.455 e. The Morgan fingerprint density at radius 1 is 1.57 bits per heavy atom. The maximum atomic E-state index is 11.1. The van der Waals surface area contributed by atoms with E-state index in [-0.39, 0.29) is 19.3 Å². The summed E-state index contributed by atoms with van der Waals surface area (Å²) in [5.74, 6) is -1.31. The van der Waals surface area contributed by atoms with Crippen LogP contribution in [0.5, 0.6) is 0 Å². The fraction of sp³-hybridized carbons (Fsp3) is 0.889. The van der Waals surface area contributed by atoms with Crippen molar-refractivity contribution in [2.75, 3.05) is 13.2 Å². The van der Waals surface area contributed by atoms with Crippen LogP contribution in [-0.2, 0) is 19.0 Å². The van der Waals surface area contributed by atoms with Crippen LogP contribution in [0.15, 0.2) is 0 Å². The SMILES string of the molecule is C[C@@H]1OC(C)(C)OCC(=O)O[C@@H]1CO. The van der Waals surface area contributed by atoms with Crippen LogP contribution < -0.4 is 0 Å². The van der Waals surface area contributed by atoms with E-state index in [4.69, 9.17) is 19.3 Å². The van der Waals surface area contributed by atoms with Crippen LogP contribution >= 0.6 is 0 Å². The standard InChI is InChI=1S/C9H16O5/c1-6-7(4-10)13-8(11)5-12-9(2,3)14-6/h6-7,10H,4-5H2,1-3H3/t6-,7+/m0/s1. The monoisotopic (exact) mass is 204 g/mol. The van der Waals surface area contributed by atoms with Gasteiger partial charge in [-0.1, -0.05) is 0 Å². The molecule has 14 heavy (non-hydrogen) atoms. The van der Waals surface area contributed by atoms with Crippen LogP contribution in [-0.4, -0.2) is 42.3 Å². The normalized spacial score (nSPS) is 33.0. The zero-order valence-corrected chi connectivity index (χ0v) is 8.65. The molecule has 0 aliphatic carbocycles. The van der Waals surface area contributed by atoms with E-state index in [1.807, 2.05) is 0 Å². The van der Waals surface area contributed by atoms with Crippen LogP contribution in [0.4, 0.5) is 0 Å². The molecular formula is C9H16O5. The molecule has 0 spiro atoms. The molecule has 1 N–H and O–H groups in total. The lowest BCUT2D eigenvalue weighted by atomic mass is 10.2. The van der Waals surface area contributed by atoms with Crippen molar-refractivity contribution in [2.24, 2.45) is 0 Å². The topological polar surface area (TPSA) is 65.0 Å². The summed E-state index contributed by atoms with van der Waals surface area (Å²) in [6.07, 6.45) is -1.01. The molecule has 1 aliphatic heterocycles. The minimum atomic E-state index is -0.827. The first kappa shape index (κ1) is 11.4. The van der Waals surface area contributed by atoms with Crippen molar-refractivity contribution in [1.29, 1.82) is 0 Å². The van der Waals surface area contributed by atoms with E-state index in [0.717, 1.165) is 0 Å². The Morgan fingerprint density at radius 3 is 2.79 bits per heavy atom. The zero-order valence-electron chi connectivity index (χ0n) is 8.65. The molecule has 5 nitrogen and oxygen atoms in total. The first-order valence-electron chi connectivity index (χ1n) is 4.57. The Balaban J connectivity index is 2.70. The van der Waals surface area contributed by atoms with Crippen LogP contribution in [0.3, 0.4) is 0 Å². The van der Waals surface area contributed by atoms with E-state index in [1.54, 1.807) is 20.8 Å². The lowest BCUT2D eigenvalue weighted by molar-refractivity contribution is -0.270. The number of carbonyl (C=O) groups excluding carboxylic acids is 1. The number of ether oxygens (including phenoxy) is 3. The molecule has 0 radical (unpaired) electrons. The van der Waals surface area contributed by atoms with Crippen molar-refractivity contribution < 1.29 is 24.1 Å². The highest BCUT2D eigenvalue weighted by Crippen LogP contribution is 2.19. The molecular weight excluding hydrogens is 188 g/mol. The van der Waals surface area contributed by atoms with Gasteiger partial charge < -0.3 is 19.3 Å². The molecule has 1 heterocycles. The molecule has 0 aromatic carbocycles. The van der Waals surface area contributed by atoms with Gasteiger partial charge in [0.25, 0.3) is 0 Å². The van der Waals surface area contributed by atoms with Crippen molar-refractivity contribution in [2.45, 2.75) is 38.8 Å². The Labute approximate surface area is 82.9 Å². The highest BCUT2D eigenvalue weighted by molar-refractivity contribution is 5.71. The maximum Gasteiger partial charge on any atom is 0.332 e. The van der Waals surface area contributed by atoms with E-state index in [1.165, 1.54) is 0 Å². The van der Waals surface area contributed by atoms with E-state index < -0.39 is 17.9 Å². The smallest absolute Gasteiger partial charge is 0.332 e. The Morgan fingerprint density at radius 2 is 2.21 bits per heavy atom. The summed E-state index contributed by atoms with van der Waals surface area (Å²) in [4.78, 5) is 11.1. The molecule has 1 fully saturated rings. The van der Waals surface area contributed by atoms with Crippen LogP contribution in [0, 0.1) is 0 Å². The summed E-state index contributed by atoms with van der Waals surface area (Å²) in [7, 11) is 0. The Bertz CT molecular complexity index is 213. The Kier molecular flexibility index (Phi) is 3.47. The fourth-order valence-corrected chi connectivity index (χ4v) is 1.27. The van der Waals surface area contributed by atoms with Gasteiger partial charge in [-0.05, 0) is 20.8 Å². The first-order valence-corrected chi connectivity index (χ1v) is 4.57. The van der Waals surface area contributed by atoms with E-state index in [9.17, 15) is 4.79 Å². The van der Waals surface area contributed by atoms with Gasteiger partial charge in [0.2, 0.25) is 0 Å². The number of cyclic esters (lactones) is 1. The lowest BCUT2D eigenvalue weighted by Gasteiger charge is -2.34. The van der Waals surface area contributed by atoms with Gasteiger partial charge in [-0.25, -0.2) is 4.79 Å². The maximum absolute atomic E-state index is 11.1. The van der Waals surface area contributed by atoms with Gasteiger partial charge in [-0.15, -0.1) is 0 Å². The first-order chi connectivity index (χ1) is 6.44. The van der Waals surface area contributed by atoms with Gasteiger partial charge >= 0.3 is 5.97 Å². The van der Waals surface area contributed by atoms with Crippen molar-refractivity contribution in [1.82, 2.24) is 0 Å². The average molecular weight is 204 g/mol. The van der Waals surface area contributed by atoms with Gasteiger partial charge in [0.05, 0.1) is 12.7 Å². The second-order valence-corrected chi connectivity index (χ2v) is 3.72. The summed E-state index contributed by atoms with van der Waals surface area (Å²) in [5.41, 5.74) is 0. The second kappa shape index (κ2) is 4.25. The van der Waals surface area contributed by atoms with Crippen molar-refractivity contribution >= 4 is 5.97 Å². The molecule has 1 saturated heterocycles. The predicted octanol–water partition coefficient (Wildman–Crippen LogP) is 0.0619. The Hall–Kier alpha value is -0.650. The molecule has 82 valence electrons. The number of rotatable bonds is 1. The quantitative estimate of drug-likeness (QED) is 0.612. The number of aliphatic hydroxyl groups is 1. The summed E-state index contributed by atoms with van der Waals surface area (Å²) < 4.78 is 15.5. The molecule has 2 atom stereocenters. The third kappa shape index (κ3) is 2.94. The summed E-state index contributed by atoms with van der Waals surface area (Å²) in [6, 6.07) is 0. The number of hydrogen-bond donors (Lipinski definition) is 1. The van der Waals surface area contributed by atoms with Gasteiger partial charge in [0, 0.05) is 0 Å². The predicted molar refractivity (Wildman–Crippen MR) is 47.5 cm³/mol. The fourth-order valence-electron chi connectivity index (χ4n) is 1.27. The zero-order chi connectivity index (χ0) is 10.8. The number of hydrogen-bond acceptors (Lipinski definition) is 5. The second-order valence-electron chi connectivity index (χ2n) is 3.72. The third-order valence-electron chi connectivity index (χ3n) is 1.99. The lowest BCUT2D eigenvalue weighted by Crippen LogP contribution is -2.45. The molecule has 0 amide bonds. The number of carbonyl (C=O) groups is 1. The molecule has 0 bridgehead atoms. The number of aliphatic hydroxyl groups excluding tert-OH is 1. The van der Waals surface area contributed by atoms with Crippen LogP contribution in [0.1, 0.15) is 20.8 Å². The largest absolute Gasteiger partial charge is 0.455 e. The minimum absolute atomic E-state index is 0.157.